The van der Waals surface area contributed by atoms with Crippen LogP contribution in [0.2, 0.25) is 0 Å². The zero-order valence-corrected chi connectivity index (χ0v) is 27.1. The highest BCUT2D eigenvalue weighted by Crippen LogP contribution is 2.43. The topological polar surface area (TPSA) is 96.9 Å². The minimum atomic E-state index is -4.96. The summed E-state index contributed by atoms with van der Waals surface area (Å²) in [5, 5.41) is 24.9. The van der Waals surface area contributed by atoms with E-state index in [1.165, 1.54) is 9.59 Å². The van der Waals surface area contributed by atoms with Gasteiger partial charge in [0.2, 0.25) is 0 Å². The van der Waals surface area contributed by atoms with Gasteiger partial charge in [0.15, 0.2) is 0 Å². The van der Waals surface area contributed by atoms with Crippen molar-refractivity contribution in [1.29, 1.82) is 0 Å². The van der Waals surface area contributed by atoms with Gasteiger partial charge in [-0.05, 0) is 90.8 Å². The molecule has 0 bridgehead atoms. The van der Waals surface area contributed by atoms with E-state index >= 15 is 0 Å². The van der Waals surface area contributed by atoms with Gasteiger partial charge < -0.3 is 14.7 Å². The number of tetrazole rings is 2. The van der Waals surface area contributed by atoms with Crippen LogP contribution in [-0.4, -0.2) is 66.6 Å². The highest BCUT2D eigenvalue weighted by molar-refractivity contribution is 5.64. The first-order valence-corrected chi connectivity index (χ1v) is 15.8. The van der Waals surface area contributed by atoms with Crippen LogP contribution in [0.25, 0.3) is 0 Å². The SMILES string of the molecule is Cc1cc(C)c2c(c1)C(N(Cc1cc(C(F)(F)F)cc(C(F)(F)F)c1)c1nnn(C)n1)CCCN2CC1CCN(c2nnn(C)n2)CC1. The van der Waals surface area contributed by atoms with Crippen molar-refractivity contribution in [2.45, 2.75) is 64.5 Å². The summed E-state index contributed by atoms with van der Waals surface area (Å²) in [5.41, 5.74) is 1.12. The van der Waals surface area contributed by atoms with Gasteiger partial charge in [-0.15, -0.1) is 10.2 Å². The van der Waals surface area contributed by atoms with Crippen LogP contribution in [0.4, 0.5) is 43.9 Å². The summed E-state index contributed by atoms with van der Waals surface area (Å²) in [6, 6.07) is 5.41. The van der Waals surface area contributed by atoms with Crippen molar-refractivity contribution in [2.75, 3.05) is 40.9 Å². The third-order valence-electron chi connectivity index (χ3n) is 9.06. The Bertz CT molecular complexity index is 1710. The largest absolute Gasteiger partial charge is 0.416 e. The van der Waals surface area contributed by atoms with Crippen molar-refractivity contribution in [1.82, 2.24) is 40.4 Å². The molecule has 17 heteroatoms. The molecule has 2 aliphatic rings. The molecule has 1 saturated heterocycles. The Labute approximate surface area is 273 Å². The van der Waals surface area contributed by atoms with Crippen LogP contribution >= 0.6 is 0 Å². The number of fused-ring (bicyclic) bond motifs is 1. The van der Waals surface area contributed by atoms with Gasteiger partial charge in [-0.25, -0.2) is 0 Å². The minimum Gasteiger partial charge on any atom is -0.371 e. The summed E-state index contributed by atoms with van der Waals surface area (Å²) in [4.78, 5) is 8.88. The van der Waals surface area contributed by atoms with E-state index in [1.54, 1.807) is 19.0 Å². The molecule has 2 aliphatic heterocycles. The third kappa shape index (κ3) is 7.18. The maximum atomic E-state index is 13.8. The van der Waals surface area contributed by atoms with E-state index in [-0.39, 0.29) is 24.1 Å². The van der Waals surface area contributed by atoms with Crippen LogP contribution in [0.15, 0.2) is 30.3 Å². The number of nitrogens with zero attached hydrogens (tertiary/aromatic N) is 11. The molecule has 48 heavy (non-hydrogen) atoms. The molecule has 1 atom stereocenters. The first kappa shape index (κ1) is 33.5. The van der Waals surface area contributed by atoms with E-state index in [0.717, 1.165) is 80.0 Å². The molecule has 4 heterocycles. The molecule has 0 amide bonds. The van der Waals surface area contributed by atoms with Crippen molar-refractivity contribution in [3.8, 4) is 0 Å². The second kappa shape index (κ2) is 12.9. The molecule has 0 aliphatic carbocycles. The number of piperidine rings is 1. The maximum absolute atomic E-state index is 13.8. The molecule has 1 fully saturated rings. The summed E-state index contributed by atoms with van der Waals surface area (Å²) >= 11 is 0. The Morgan fingerprint density at radius 3 is 2.02 bits per heavy atom. The average Bonchev–Trinajstić information content (AvgIpc) is 3.60. The average molecular weight is 678 g/mol. The summed E-state index contributed by atoms with van der Waals surface area (Å²) < 4.78 is 82.8. The Hall–Kier alpha value is -4.44. The second-order valence-corrected chi connectivity index (χ2v) is 12.8. The van der Waals surface area contributed by atoms with Crippen LogP contribution in [0, 0.1) is 19.8 Å². The molecule has 1 unspecified atom stereocenters. The molecule has 4 aromatic rings. The molecule has 0 radical (unpaired) electrons. The fourth-order valence-corrected chi connectivity index (χ4v) is 6.97. The van der Waals surface area contributed by atoms with E-state index in [1.807, 2.05) is 13.8 Å². The van der Waals surface area contributed by atoms with Crippen LogP contribution in [0.5, 0.6) is 0 Å². The molecule has 2 aromatic heterocycles. The van der Waals surface area contributed by atoms with Crippen LogP contribution < -0.4 is 14.7 Å². The smallest absolute Gasteiger partial charge is 0.371 e. The summed E-state index contributed by atoms with van der Waals surface area (Å²) in [6.45, 7) is 6.87. The van der Waals surface area contributed by atoms with E-state index in [9.17, 15) is 26.3 Å². The van der Waals surface area contributed by atoms with Gasteiger partial charge in [0.25, 0.3) is 11.9 Å². The fraction of sp³-hybridized carbons (Fsp3) is 0.548. The quantitative estimate of drug-likeness (QED) is 0.230. The van der Waals surface area contributed by atoms with E-state index in [2.05, 4.69) is 52.8 Å². The summed E-state index contributed by atoms with van der Waals surface area (Å²) in [6.07, 6.45) is -6.75. The number of hydrogen-bond acceptors (Lipinski definition) is 9. The Morgan fingerprint density at radius 1 is 0.792 bits per heavy atom. The fourth-order valence-electron chi connectivity index (χ4n) is 6.97. The lowest BCUT2D eigenvalue weighted by Crippen LogP contribution is -2.40. The zero-order valence-electron chi connectivity index (χ0n) is 27.1. The van der Waals surface area contributed by atoms with E-state index in [4.69, 9.17) is 0 Å². The number of aromatic nitrogens is 8. The standard InChI is InChI=1S/C31H37F6N11/c1-19-12-20(2)27-25(13-19)26(6-5-9-47(27)17-21-7-10-46(11-8-21)28-38-42-44(3)40-28)48(29-39-43-45(4)41-29)18-22-14-23(30(32,33)34)16-24(15-22)31(35,36)37/h12-16,21,26H,5-11,17-18H2,1-4H3. The predicted molar refractivity (Wildman–Crippen MR) is 165 cm³/mol. The van der Waals surface area contributed by atoms with Gasteiger partial charge in [0, 0.05) is 38.4 Å². The van der Waals surface area contributed by atoms with Gasteiger partial charge >= 0.3 is 12.4 Å². The number of rotatable bonds is 7. The van der Waals surface area contributed by atoms with E-state index < -0.39 is 29.5 Å². The molecule has 0 spiro atoms. The second-order valence-electron chi connectivity index (χ2n) is 12.8. The molecule has 0 saturated carbocycles. The van der Waals surface area contributed by atoms with Crippen LogP contribution in [-0.2, 0) is 33.0 Å². The van der Waals surface area contributed by atoms with Gasteiger partial charge in [-0.3, -0.25) is 0 Å². The lowest BCUT2D eigenvalue weighted by atomic mass is 9.93. The monoisotopic (exact) mass is 677 g/mol. The van der Waals surface area contributed by atoms with E-state index in [0.29, 0.717) is 18.3 Å². The maximum Gasteiger partial charge on any atom is 0.416 e. The first-order chi connectivity index (χ1) is 22.7. The molecule has 6 rings (SSSR count). The Balaban J connectivity index is 1.34. The Morgan fingerprint density at radius 2 is 1.44 bits per heavy atom. The molecular formula is C31H37F6N11. The highest BCUT2D eigenvalue weighted by Gasteiger charge is 2.38. The van der Waals surface area contributed by atoms with Gasteiger partial charge in [-0.2, -0.15) is 35.9 Å². The summed E-state index contributed by atoms with van der Waals surface area (Å²) in [5.74, 6) is 1.13. The van der Waals surface area contributed by atoms with Gasteiger partial charge in [0.1, 0.15) is 0 Å². The third-order valence-corrected chi connectivity index (χ3v) is 9.06. The van der Waals surface area contributed by atoms with Crippen molar-refractivity contribution in [3.05, 3.63) is 63.7 Å². The minimum absolute atomic E-state index is 0.122. The highest BCUT2D eigenvalue weighted by atomic mass is 19.4. The van der Waals surface area contributed by atoms with Crippen molar-refractivity contribution >= 4 is 17.6 Å². The normalized spacial score (nSPS) is 17.8. The van der Waals surface area contributed by atoms with Crippen molar-refractivity contribution < 1.29 is 26.3 Å². The van der Waals surface area contributed by atoms with Crippen LogP contribution in [0.1, 0.15) is 65.1 Å². The van der Waals surface area contributed by atoms with Crippen molar-refractivity contribution in [3.63, 3.8) is 0 Å². The molecule has 11 nitrogen and oxygen atoms in total. The number of hydrogen-bond donors (Lipinski definition) is 0. The summed E-state index contributed by atoms with van der Waals surface area (Å²) in [7, 11) is 3.29. The molecule has 2 aromatic carbocycles. The molecular weight excluding hydrogens is 640 g/mol. The number of anilines is 3. The first-order valence-electron chi connectivity index (χ1n) is 15.8. The lowest BCUT2D eigenvalue weighted by Gasteiger charge is -2.37. The van der Waals surface area contributed by atoms with Gasteiger partial charge in [-0.1, -0.05) is 27.9 Å². The molecule has 0 N–H and O–H groups in total. The van der Waals surface area contributed by atoms with Crippen molar-refractivity contribution in [2.24, 2.45) is 20.0 Å². The number of benzene rings is 2. The lowest BCUT2D eigenvalue weighted by molar-refractivity contribution is -0.143. The predicted octanol–water partition coefficient (Wildman–Crippen LogP) is 5.65. The Kier molecular flexibility index (Phi) is 8.98. The van der Waals surface area contributed by atoms with Gasteiger partial charge in [0.05, 0.1) is 31.3 Å². The number of alkyl halides is 6. The number of aryl methyl sites for hydroxylation is 4. The zero-order chi connectivity index (χ0) is 34.4. The number of halogens is 6. The molecule has 258 valence electrons. The van der Waals surface area contributed by atoms with Crippen LogP contribution in [0.3, 0.4) is 0 Å².